The fourth-order valence-corrected chi connectivity index (χ4v) is 7.15. The second-order valence-electron chi connectivity index (χ2n) is 15.4. The van der Waals surface area contributed by atoms with Gasteiger partial charge in [0, 0.05) is 30.3 Å². The summed E-state index contributed by atoms with van der Waals surface area (Å²) in [5.41, 5.74) is 5.28. The van der Waals surface area contributed by atoms with E-state index in [0.717, 1.165) is 59.3 Å². The van der Waals surface area contributed by atoms with Crippen LogP contribution in [0.2, 0.25) is 0 Å². The van der Waals surface area contributed by atoms with Crippen molar-refractivity contribution in [3.8, 4) is 17.2 Å². The predicted molar refractivity (Wildman–Crippen MR) is 218 cm³/mol. The summed E-state index contributed by atoms with van der Waals surface area (Å²) in [4.78, 5) is 24.0. The number of esters is 1. The van der Waals surface area contributed by atoms with Gasteiger partial charge >= 0.3 is 11.9 Å². The van der Waals surface area contributed by atoms with Crippen LogP contribution in [0, 0.1) is 38.5 Å². The van der Waals surface area contributed by atoms with E-state index in [1.165, 1.54) is 50.5 Å². The van der Waals surface area contributed by atoms with E-state index in [-0.39, 0.29) is 25.2 Å². The van der Waals surface area contributed by atoms with Crippen molar-refractivity contribution in [2.75, 3.05) is 31.7 Å². The topological polar surface area (TPSA) is 133 Å². The maximum absolute atomic E-state index is 12.5. The molecule has 1 aliphatic rings. The van der Waals surface area contributed by atoms with Crippen LogP contribution >= 0.6 is 9.47 Å². The van der Waals surface area contributed by atoms with Gasteiger partial charge in [0.25, 0.3) is 0 Å². The molecule has 4 atom stereocenters. The van der Waals surface area contributed by atoms with Crippen molar-refractivity contribution >= 4 is 27.1 Å². The molecule has 54 heavy (non-hydrogen) atoms. The van der Waals surface area contributed by atoms with E-state index in [1.807, 2.05) is 9.47 Å². The molecule has 3 rings (SSSR count). The second-order valence-corrected chi connectivity index (χ2v) is 15.6. The first-order chi connectivity index (χ1) is 25.8. The van der Waals surface area contributed by atoms with Crippen LogP contribution in [-0.4, -0.2) is 54.6 Å². The number of anilines is 1. The fourth-order valence-electron chi connectivity index (χ4n) is 7.02. The Balaban J connectivity index is 1.55. The van der Waals surface area contributed by atoms with E-state index in [9.17, 15) is 19.8 Å². The quantitative estimate of drug-likeness (QED) is 0.0509. The third-order valence-corrected chi connectivity index (χ3v) is 10.6. The number of hydrogen-bond acceptors (Lipinski definition) is 10. The second kappa shape index (κ2) is 22.7. The molecule has 0 spiro atoms. The van der Waals surface area contributed by atoms with Gasteiger partial charge in [-0.25, -0.2) is 9.59 Å². The largest absolute Gasteiger partial charge is 0.505 e. The van der Waals surface area contributed by atoms with Gasteiger partial charge in [0.05, 0.1) is 16.1 Å². The van der Waals surface area contributed by atoms with Crippen molar-refractivity contribution in [2.45, 2.75) is 132 Å². The summed E-state index contributed by atoms with van der Waals surface area (Å²) in [6.07, 6.45) is 11.3. The van der Waals surface area contributed by atoms with Crippen molar-refractivity contribution in [1.29, 1.82) is 0 Å². The summed E-state index contributed by atoms with van der Waals surface area (Å²) < 4.78 is 28.8. The zero-order chi connectivity index (χ0) is 39.8. The van der Waals surface area contributed by atoms with Gasteiger partial charge in [0.2, 0.25) is 5.76 Å². The number of rotatable bonds is 25. The predicted octanol–water partition coefficient (Wildman–Crippen LogP) is 10.5. The Kier molecular flexibility index (Phi) is 18.8. The molecule has 2 aromatic rings. The van der Waals surface area contributed by atoms with Gasteiger partial charge in [0.15, 0.2) is 11.9 Å². The van der Waals surface area contributed by atoms with Gasteiger partial charge < -0.3 is 39.0 Å². The van der Waals surface area contributed by atoms with Gasteiger partial charge in [-0.15, -0.1) is 0 Å². The number of aliphatic hydroxyl groups is 2. The molecule has 0 saturated heterocycles. The molecule has 0 saturated carbocycles. The highest BCUT2D eigenvalue weighted by Crippen LogP contribution is 2.39. The van der Waals surface area contributed by atoms with Crippen LogP contribution in [0.5, 0.6) is 17.2 Å². The van der Waals surface area contributed by atoms with Gasteiger partial charge in [-0.3, -0.25) is 0 Å². The van der Waals surface area contributed by atoms with Gasteiger partial charge in [0.1, 0.15) is 36.0 Å². The molecule has 10 nitrogen and oxygen atoms in total. The monoisotopic (exact) mass is 771 g/mol. The summed E-state index contributed by atoms with van der Waals surface area (Å²) in [5, 5.41) is 22.6. The molecule has 2 aromatic carbocycles. The highest BCUT2D eigenvalue weighted by atomic mass is 31.0. The molecule has 1 heterocycles. The number of benzene rings is 2. The third-order valence-electron chi connectivity index (χ3n) is 10.4. The molecule has 0 radical (unpaired) electrons. The van der Waals surface area contributed by atoms with E-state index >= 15 is 0 Å². The Labute approximate surface area is 326 Å². The van der Waals surface area contributed by atoms with Crippen LogP contribution in [-0.2, 0) is 20.5 Å². The number of carbonyl (C=O) groups is 2. The Morgan fingerprint density at radius 3 is 2.07 bits per heavy atom. The average Bonchev–Trinajstić information content (AvgIpc) is 3.38. The van der Waals surface area contributed by atoms with Crippen molar-refractivity contribution in [1.82, 2.24) is 0 Å². The third kappa shape index (κ3) is 13.3. The number of nitrogens with one attached hydrogen (secondary N) is 1. The lowest BCUT2D eigenvalue weighted by Crippen LogP contribution is -2.17. The van der Waals surface area contributed by atoms with Crippen molar-refractivity contribution in [3.05, 3.63) is 57.5 Å². The summed E-state index contributed by atoms with van der Waals surface area (Å²) in [6.45, 7) is 19.3. The zero-order valence-corrected chi connectivity index (χ0v) is 35.1. The molecule has 0 bridgehead atoms. The molecule has 0 fully saturated rings. The zero-order valence-electron chi connectivity index (χ0n) is 34.0. The van der Waals surface area contributed by atoms with Crippen molar-refractivity contribution in [2.24, 2.45) is 17.8 Å². The Bertz CT molecular complexity index is 1560. The molecule has 302 valence electrons. The van der Waals surface area contributed by atoms with E-state index in [4.69, 9.17) is 23.5 Å². The van der Waals surface area contributed by atoms with E-state index in [2.05, 4.69) is 60.7 Å². The van der Waals surface area contributed by atoms with E-state index in [0.29, 0.717) is 30.5 Å². The Morgan fingerprint density at radius 2 is 1.46 bits per heavy atom. The molecule has 3 N–H and O–H groups in total. The molecular formula is C43H66NO9P. The van der Waals surface area contributed by atoms with Crippen LogP contribution in [0.15, 0.2) is 29.7 Å². The highest BCUT2D eigenvalue weighted by Gasteiger charge is 2.34. The van der Waals surface area contributed by atoms with Crippen molar-refractivity contribution < 1.29 is 43.3 Å². The first-order valence-corrected chi connectivity index (χ1v) is 20.4. The van der Waals surface area contributed by atoms with Gasteiger partial charge in [-0.05, 0) is 86.6 Å². The number of cyclic esters (lactones) is 1. The lowest BCUT2D eigenvalue weighted by Gasteiger charge is -2.23. The lowest BCUT2D eigenvalue weighted by atomic mass is 9.92. The standard InChI is InChI=1S/C43H66NO9P/c1-9-13-34-32(8)40(30(6)31(7)41(34)50-23-12-18-29(5)17-11-16-28(4)15-10-14-27(2)3)51-25-24-49-37-26-33(19-20-35(37)42(47)53-54)44-22-21-36-38(45)39(46)43(48)52-36/h19-20,26-29,36,44-46H,9-18,21-25,54H2,1-8H3/t28-,29-,36-/m1/s1. The summed E-state index contributed by atoms with van der Waals surface area (Å²) in [7, 11) is 1.96. The molecule has 0 amide bonds. The van der Waals surface area contributed by atoms with E-state index < -0.39 is 29.6 Å². The molecule has 0 aromatic heterocycles. The smallest absolute Gasteiger partial charge is 0.377 e. The highest BCUT2D eigenvalue weighted by molar-refractivity contribution is 7.10. The minimum atomic E-state index is -0.948. The summed E-state index contributed by atoms with van der Waals surface area (Å²) in [5.74, 6) is 1.68. The average molecular weight is 772 g/mol. The normalized spacial score (nSPS) is 15.3. The summed E-state index contributed by atoms with van der Waals surface area (Å²) in [6, 6.07) is 4.96. The van der Waals surface area contributed by atoms with Crippen LogP contribution in [0.25, 0.3) is 0 Å². The van der Waals surface area contributed by atoms with Gasteiger partial charge in [-0.1, -0.05) is 79.6 Å². The molecular weight excluding hydrogens is 705 g/mol. The maximum Gasteiger partial charge on any atom is 0.377 e. The lowest BCUT2D eigenvalue weighted by molar-refractivity contribution is -0.142. The molecule has 1 aliphatic heterocycles. The Morgan fingerprint density at radius 1 is 0.852 bits per heavy atom. The fraction of sp³-hybridized carbons (Fsp3) is 0.628. The van der Waals surface area contributed by atoms with Crippen molar-refractivity contribution in [3.63, 3.8) is 0 Å². The Hall–Kier alpha value is -3.65. The number of hydrogen-bond donors (Lipinski definition) is 3. The number of ether oxygens (including phenoxy) is 4. The molecule has 11 heteroatoms. The maximum atomic E-state index is 12.5. The number of carbonyl (C=O) groups excluding carboxylic acids is 2. The van der Waals surface area contributed by atoms with Crippen LogP contribution in [0.4, 0.5) is 5.69 Å². The van der Waals surface area contributed by atoms with Crippen LogP contribution < -0.4 is 19.5 Å². The number of aliphatic hydroxyl groups excluding tert-OH is 2. The van der Waals surface area contributed by atoms with Crippen LogP contribution in [0.1, 0.15) is 131 Å². The first-order valence-electron chi connectivity index (χ1n) is 19.9. The molecule has 1 unspecified atom stereocenters. The van der Waals surface area contributed by atoms with Crippen LogP contribution in [0.3, 0.4) is 0 Å². The molecule has 0 aliphatic carbocycles. The van der Waals surface area contributed by atoms with E-state index in [1.54, 1.807) is 18.2 Å². The SMILES string of the molecule is CCCc1c(C)c(OCCOc2cc(NCC[C@H]3OC(=O)C(O)=C3O)ccc2C(=O)OP)c(C)c(C)c1OCCC[C@H](C)CCC[C@H](C)CCCC(C)C. The van der Waals surface area contributed by atoms with Gasteiger partial charge in [-0.2, -0.15) is 0 Å². The summed E-state index contributed by atoms with van der Waals surface area (Å²) >= 11 is 0. The first kappa shape index (κ1) is 44.7. The minimum Gasteiger partial charge on any atom is -0.505 e. The minimum absolute atomic E-state index is 0.172.